The molecule has 2 aromatic rings. The predicted octanol–water partition coefficient (Wildman–Crippen LogP) is 2.47. The van der Waals surface area contributed by atoms with E-state index in [1.807, 2.05) is 36.5 Å². The lowest BCUT2D eigenvalue weighted by Gasteiger charge is -2.33. The number of hydrogen-bond acceptors (Lipinski definition) is 5. The fourth-order valence-electron chi connectivity index (χ4n) is 3.30. The molecular formula is C20H27N3O3S. The maximum atomic E-state index is 12.3. The summed E-state index contributed by atoms with van der Waals surface area (Å²) in [6.07, 6.45) is 6.11. The van der Waals surface area contributed by atoms with Gasteiger partial charge in [-0.3, -0.25) is 4.98 Å². The van der Waals surface area contributed by atoms with Gasteiger partial charge in [0.25, 0.3) is 0 Å². The highest BCUT2D eigenvalue weighted by atomic mass is 32.2. The zero-order chi connectivity index (χ0) is 19.1. The Labute approximate surface area is 161 Å². The SMILES string of the molecule is COc1ccc(CCS(=O)(=O)NCC2CCN(c3cccnc3)CC2)cc1. The minimum atomic E-state index is -3.27. The quantitative estimate of drug-likeness (QED) is 0.751. The molecule has 0 spiro atoms. The number of aromatic nitrogens is 1. The number of sulfonamides is 1. The number of nitrogens with zero attached hydrogens (tertiary/aromatic N) is 2. The lowest BCUT2D eigenvalue weighted by molar-refractivity contribution is 0.402. The number of pyridine rings is 1. The van der Waals surface area contributed by atoms with Crippen LogP contribution in [-0.4, -0.2) is 45.9 Å². The molecule has 7 heteroatoms. The maximum Gasteiger partial charge on any atom is 0.211 e. The van der Waals surface area contributed by atoms with Gasteiger partial charge in [-0.2, -0.15) is 0 Å². The summed E-state index contributed by atoms with van der Waals surface area (Å²) in [6, 6.07) is 11.5. The second kappa shape index (κ2) is 9.19. The van der Waals surface area contributed by atoms with Crippen LogP contribution >= 0.6 is 0 Å². The first kappa shape index (κ1) is 19.6. The molecule has 1 aromatic heterocycles. The zero-order valence-electron chi connectivity index (χ0n) is 15.7. The molecule has 0 bridgehead atoms. The highest BCUT2D eigenvalue weighted by Crippen LogP contribution is 2.22. The largest absolute Gasteiger partial charge is 0.497 e. The van der Waals surface area contributed by atoms with Crippen LogP contribution in [0.4, 0.5) is 5.69 Å². The average molecular weight is 390 g/mol. The second-order valence-corrected chi connectivity index (χ2v) is 8.83. The zero-order valence-corrected chi connectivity index (χ0v) is 16.5. The molecule has 0 atom stereocenters. The molecule has 1 fully saturated rings. The molecule has 0 amide bonds. The molecule has 0 unspecified atom stereocenters. The molecule has 2 heterocycles. The van der Waals surface area contributed by atoms with E-state index in [9.17, 15) is 8.42 Å². The van der Waals surface area contributed by atoms with Crippen molar-refractivity contribution in [2.75, 3.05) is 37.4 Å². The van der Waals surface area contributed by atoms with Gasteiger partial charge in [0.05, 0.1) is 24.7 Å². The van der Waals surface area contributed by atoms with Crippen molar-refractivity contribution in [3.8, 4) is 5.75 Å². The number of aryl methyl sites for hydroxylation is 1. The van der Waals surface area contributed by atoms with Crippen LogP contribution in [-0.2, 0) is 16.4 Å². The normalized spacial score (nSPS) is 15.7. The van der Waals surface area contributed by atoms with Crippen LogP contribution in [0.2, 0.25) is 0 Å². The highest BCUT2D eigenvalue weighted by molar-refractivity contribution is 7.89. The molecule has 1 aromatic carbocycles. The summed E-state index contributed by atoms with van der Waals surface area (Å²) in [6.45, 7) is 2.39. The summed E-state index contributed by atoms with van der Waals surface area (Å²) in [5, 5.41) is 0. The number of nitrogens with one attached hydrogen (secondary N) is 1. The Morgan fingerprint density at radius 1 is 1.19 bits per heavy atom. The summed E-state index contributed by atoms with van der Waals surface area (Å²) in [7, 11) is -1.65. The van der Waals surface area contributed by atoms with Gasteiger partial charge in [0.2, 0.25) is 10.0 Å². The fraction of sp³-hybridized carbons (Fsp3) is 0.450. The Morgan fingerprint density at radius 2 is 1.93 bits per heavy atom. The highest BCUT2D eigenvalue weighted by Gasteiger charge is 2.21. The molecule has 1 saturated heterocycles. The molecule has 146 valence electrons. The number of piperidine rings is 1. The van der Waals surface area contributed by atoms with E-state index in [-0.39, 0.29) is 5.75 Å². The van der Waals surface area contributed by atoms with E-state index in [0.29, 0.717) is 18.9 Å². The fourth-order valence-corrected chi connectivity index (χ4v) is 4.44. The van der Waals surface area contributed by atoms with Crippen LogP contribution in [0, 0.1) is 5.92 Å². The lowest BCUT2D eigenvalue weighted by Crippen LogP contribution is -2.39. The minimum absolute atomic E-state index is 0.105. The van der Waals surface area contributed by atoms with Crippen molar-refractivity contribution in [2.24, 2.45) is 5.92 Å². The summed E-state index contributed by atoms with van der Waals surface area (Å²) < 4.78 is 32.5. The van der Waals surface area contributed by atoms with Gasteiger partial charge in [0.1, 0.15) is 5.75 Å². The number of hydrogen-bond donors (Lipinski definition) is 1. The van der Waals surface area contributed by atoms with Crippen molar-refractivity contribution >= 4 is 15.7 Å². The molecule has 1 aliphatic rings. The van der Waals surface area contributed by atoms with Crippen LogP contribution < -0.4 is 14.4 Å². The van der Waals surface area contributed by atoms with Crippen molar-refractivity contribution in [3.05, 3.63) is 54.4 Å². The third-order valence-corrected chi connectivity index (χ3v) is 6.38. The van der Waals surface area contributed by atoms with Gasteiger partial charge in [0.15, 0.2) is 0 Å². The van der Waals surface area contributed by atoms with Crippen molar-refractivity contribution in [1.82, 2.24) is 9.71 Å². The van der Waals surface area contributed by atoms with Gasteiger partial charge in [-0.05, 0) is 55.0 Å². The lowest BCUT2D eigenvalue weighted by atomic mass is 9.97. The summed E-state index contributed by atoms with van der Waals surface area (Å²) in [5.74, 6) is 1.26. The second-order valence-electron chi connectivity index (χ2n) is 6.91. The number of methoxy groups -OCH3 is 1. The van der Waals surface area contributed by atoms with Crippen molar-refractivity contribution in [2.45, 2.75) is 19.3 Å². The summed E-state index contributed by atoms with van der Waals surface area (Å²) >= 11 is 0. The van der Waals surface area contributed by atoms with Crippen LogP contribution in [0.25, 0.3) is 0 Å². The van der Waals surface area contributed by atoms with E-state index in [1.165, 1.54) is 0 Å². The molecule has 3 rings (SSSR count). The van der Waals surface area contributed by atoms with Crippen LogP contribution in [0.1, 0.15) is 18.4 Å². The Balaban J connectivity index is 1.41. The van der Waals surface area contributed by atoms with Gasteiger partial charge in [0, 0.05) is 25.8 Å². The molecule has 27 heavy (non-hydrogen) atoms. The first-order chi connectivity index (χ1) is 13.1. The van der Waals surface area contributed by atoms with Crippen molar-refractivity contribution < 1.29 is 13.2 Å². The molecule has 0 radical (unpaired) electrons. The van der Waals surface area contributed by atoms with Gasteiger partial charge in [-0.15, -0.1) is 0 Å². The van der Waals surface area contributed by atoms with Gasteiger partial charge in [-0.25, -0.2) is 13.1 Å². The first-order valence-electron chi connectivity index (χ1n) is 9.31. The predicted molar refractivity (Wildman–Crippen MR) is 108 cm³/mol. The van der Waals surface area contributed by atoms with Gasteiger partial charge < -0.3 is 9.64 Å². The average Bonchev–Trinajstić information content (AvgIpc) is 2.72. The van der Waals surface area contributed by atoms with E-state index in [1.54, 1.807) is 13.3 Å². The minimum Gasteiger partial charge on any atom is -0.497 e. The van der Waals surface area contributed by atoms with E-state index >= 15 is 0 Å². The third-order valence-electron chi connectivity index (χ3n) is 5.04. The monoisotopic (exact) mass is 389 g/mol. The van der Waals surface area contributed by atoms with Crippen molar-refractivity contribution in [3.63, 3.8) is 0 Å². The standard InChI is InChI=1S/C20H27N3O3S/c1-26-20-6-4-17(5-7-20)10-14-27(24,25)22-15-18-8-12-23(13-9-18)19-3-2-11-21-16-19/h2-7,11,16,18,22H,8-10,12-15H2,1H3. The number of rotatable bonds is 8. The number of anilines is 1. The number of ether oxygens (including phenoxy) is 1. The van der Waals surface area contributed by atoms with E-state index in [4.69, 9.17) is 4.74 Å². The topological polar surface area (TPSA) is 71.5 Å². The number of benzene rings is 1. The van der Waals surface area contributed by atoms with Crippen LogP contribution in [0.5, 0.6) is 5.75 Å². The van der Waals surface area contributed by atoms with Crippen molar-refractivity contribution in [1.29, 1.82) is 0 Å². The third kappa shape index (κ3) is 5.94. The molecule has 0 aliphatic carbocycles. The maximum absolute atomic E-state index is 12.3. The molecule has 6 nitrogen and oxygen atoms in total. The molecule has 0 saturated carbocycles. The van der Waals surface area contributed by atoms with Crippen LogP contribution in [0.3, 0.4) is 0 Å². The van der Waals surface area contributed by atoms with Crippen LogP contribution in [0.15, 0.2) is 48.8 Å². The first-order valence-corrected chi connectivity index (χ1v) is 11.0. The Kier molecular flexibility index (Phi) is 6.68. The van der Waals surface area contributed by atoms with E-state index < -0.39 is 10.0 Å². The molecule has 1 aliphatic heterocycles. The summed E-state index contributed by atoms with van der Waals surface area (Å²) in [5.41, 5.74) is 2.13. The van der Waals surface area contributed by atoms with Gasteiger partial charge in [-0.1, -0.05) is 12.1 Å². The molecular weight excluding hydrogens is 362 g/mol. The van der Waals surface area contributed by atoms with E-state index in [0.717, 1.165) is 42.9 Å². The van der Waals surface area contributed by atoms with E-state index in [2.05, 4.69) is 20.7 Å². The Morgan fingerprint density at radius 3 is 2.56 bits per heavy atom. The Bertz CT molecular complexity index is 802. The smallest absolute Gasteiger partial charge is 0.211 e. The van der Waals surface area contributed by atoms with Gasteiger partial charge >= 0.3 is 0 Å². The molecule has 1 N–H and O–H groups in total. The Hall–Kier alpha value is -2.12. The summed E-state index contributed by atoms with van der Waals surface area (Å²) in [4.78, 5) is 6.47.